The largest absolute Gasteiger partial charge is 0.477 e. The minimum atomic E-state index is -1.52. The van der Waals surface area contributed by atoms with Gasteiger partial charge in [-0.3, -0.25) is 10.1 Å². The number of halogens is 1. The summed E-state index contributed by atoms with van der Waals surface area (Å²) >= 11 is 0. The molecule has 2 aromatic rings. The minimum Gasteiger partial charge on any atom is -0.477 e. The van der Waals surface area contributed by atoms with Crippen molar-refractivity contribution in [1.82, 2.24) is 9.97 Å². The Balaban J connectivity index is 2.47. The zero-order valence-electron chi connectivity index (χ0n) is 9.78. The van der Waals surface area contributed by atoms with Crippen LogP contribution < -0.4 is 5.32 Å². The van der Waals surface area contributed by atoms with Gasteiger partial charge in [0.15, 0.2) is 5.82 Å². The highest BCUT2D eigenvalue weighted by Gasteiger charge is 2.23. The lowest BCUT2D eigenvalue weighted by atomic mass is 10.1. The van der Waals surface area contributed by atoms with E-state index in [4.69, 9.17) is 5.11 Å². The van der Waals surface area contributed by atoms with Crippen LogP contribution in [0, 0.1) is 15.9 Å². The molecule has 0 amide bonds. The fourth-order valence-electron chi connectivity index (χ4n) is 1.50. The van der Waals surface area contributed by atoms with E-state index in [1.54, 1.807) is 0 Å². The highest BCUT2D eigenvalue weighted by atomic mass is 19.1. The van der Waals surface area contributed by atoms with Gasteiger partial charge in [0.2, 0.25) is 0 Å². The first-order chi connectivity index (χ1) is 9.49. The smallest absolute Gasteiger partial charge is 0.342 e. The number of hydrogen-bond acceptors (Lipinski definition) is 6. The molecule has 0 aliphatic heterocycles. The van der Waals surface area contributed by atoms with E-state index in [2.05, 4.69) is 15.3 Å². The highest BCUT2D eigenvalue weighted by molar-refractivity contribution is 5.94. The summed E-state index contributed by atoms with van der Waals surface area (Å²) in [7, 11) is 0. The van der Waals surface area contributed by atoms with Crippen LogP contribution in [0.2, 0.25) is 0 Å². The molecule has 0 saturated carbocycles. The molecular weight excluding hydrogens is 271 g/mol. The van der Waals surface area contributed by atoms with Gasteiger partial charge in [0.25, 0.3) is 5.69 Å². The Morgan fingerprint density at radius 2 is 2.00 bits per heavy atom. The van der Waals surface area contributed by atoms with E-state index in [1.807, 2.05) is 0 Å². The van der Waals surface area contributed by atoms with Crippen LogP contribution in [0.3, 0.4) is 0 Å². The van der Waals surface area contributed by atoms with Crippen molar-refractivity contribution in [3.63, 3.8) is 0 Å². The molecule has 0 spiro atoms. The summed E-state index contributed by atoms with van der Waals surface area (Å²) in [4.78, 5) is 28.1. The van der Waals surface area contributed by atoms with Crippen LogP contribution >= 0.6 is 0 Å². The third kappa shape index (κ3) is 2.66. The quantitative estimate of drug-likeness (QED) is 0.648. The molecule has 20 heavy (non-hydrogen) atoms. The predicted octanol–water partition coefficient (Wildman–Crippen LogP) is 1.97. The second-order valence-electron chi connectivity index (χ2n) is 3.66. The molecule has 1 aromatic carbocycles. The molecule has 2 rings (SSSR count). The molecule has 0 bridgehead atoms. The number of anilines is 2. The van der Waals surface area contributed by atoms with E-state index < -0.39 is 28.0 Å². The first-order valence-electron chi connectivity index (χ1n) is 5.22. The van der Waals surface area contributed by atoms with E-state index in [0.717, 1.165) is 6.07 Å². The fourth-order valence-corrected chi connectivity index (χ4v) is 1.50. The first-order valence-corrected chi connectivity index (χ1v) is 5.22. The minimum absolute atomic E-state index is 0.220. The molecule has 0 aliphatic rings. The van der Waals surface area contributed by atoms with E-state index in [-0.39, 0.29) is 5.69 Å². The van der Waals surface area contributed by atoms with Gasteiger partial charge >= 0.3 is 5.97 Å². The van der Waals surface area contributed by atoms with E-state index >= 15 is 0 Å². The number of nitrogens with one attached hydrogen (secondary N) is 1. The summed E-state index contributed by atoms with van der Waals surface area (Å²) in [6.07, 6.45) is 3.95. The van der Waals surface area contributed by atoms with Gasteiger partial charge in [-0.1, -0.05) is 0 Å². The zero-order chi connectivity index (χ0) is 14.7. The van der Waals surface area contributed by atoms with Gasteiger partial charge < -0.3 is 10.4 Å². The maximum atomic E-state index is 13.7. The predicted molar refractivity (Wildman–Crippen MR) is 65.3 cm³/mol. The summed E-state index contributed by atoms with van der Waals surface area (Å²) in [5.41, 5.74) is -1.33. The average molecular weight is 278 g/mol. The topological polar surface area (TPSA) is 118 Å². The molecule has 2 N–H and O–H groups in total. The molecule has 0 saturated heterocycles. The van der Waals surface area contributed by atoms with Crippen LogP contribution in [0.25, 0.3) is 0 Å². The number of carboxylic acid groups (broad SMARTS) is 1. The fraction of sp³-hybridized carbons (Fsp3) is 0. The number of benzene rings is 1. The molecule has 1 heterocycles. The SMILES string of the molecule is O=C(O)c1cc(Nc2cncnc2)c(F)cc1[N+](=O)[O-]. The Morgan fingerprint density at radius 3 is 2.55 bits per heavy atom. The molecule has 0 fully saturated rings. The van der Waals surface area contributed by atoms with Crippen LogP contribution in [0.15, 0.2) is 30.9 Å². The first kappa shape index (κ1) is 13.3. The monoisotopic (exact) mass is 278 g/mol. The Bertz CT molecular complexity index is 678. The van der Waals surface area contributed by atoms with Gasteiger partial charge in [0.1, 0.15) is 11.9 Å². The standard InChI is InChI=1S/C11H7FN4O4/c12-8-2-10(16(19)20)7(11(17)18)1-9(8)15-6-3-13-5-14-4-6/h1-5,15H,(H,17,18). The van der Waals surface area contributed by atoms with Crippen molar-refractivity contribution in [2.75, 3.05) is 5.32 Å². The maximum absolute atomic E-state index is 13.7. The lowest BCUT2D eigenvalue weighted by Crippen LogP contribution is -2.05. The summed E-state index contributed by atoms with van der Waals surface area (Å²) in [5.74, 6) is -2.48. The number of hydrogen-bond donors (Lipinski definition) is 2. The van der Waals surface area contributed by atoms with Crippen molar-refractivity contribution in [3.05, 3.63) is 52.3 Å². The second-order valence-corrected chi connectivity index (χ2v) is 3.66. The molecule has 8 nitrogen and oxygen atoms in total. The highest BCUT2D eigenvalue weighted by Crippen LogP contribution is 2.28. The zero-order valence-corrected chi connectivity index (χ0v) is 9.78. The van der Waals surface area contributed by atoms with Crippen molar-refractivity contribution >= 4 is 23.0 Å². The molecule has 102 valence electrons. The third-order valence-electron chi connectivity index (χ3n) is 2.35. The average Bonchev–Trinajstić information content (AvgIpc) is 2.41. The van der Waals surface area contributed by atoms with E-state index in [9.17, 15) is 19.3 Å². The lowest BCUT2D eigenvalue weighted by molar-refractivity contribution is -0.385. The van der Waals surface area contributed by atoms with Crippen molar-refractivity contribution in [3.8, 4) is 0 Å². The molecule has 0 atom stereocenters. The number of nitro benzene ring substituents is 1. The van der Waals surface area contributed by atoms with Gasteiger partial charge in [-0.2, -0.15) is 0 Å². The lowest BCUT2D eigenvalue weighted by Gasteiger charge is -2.08. The van der Waals surface area contributed by atoms with Crippen LogP contribution in [0.5, 0.6) is 0 Å². The summed E-state index contributed by atoms with van der Waals surface area (Å²) < 4.78 is 13.7. The summed E-state index contributed by atoms with van der Waals surface area (Å²) in [5, 5.41) is 22.1. The van der Waals surface area contributed by atoms with Crippen LogP contribution in [-0.2, 0) is 0 Å². The Hall–Kier alpha value is -3.10. The molecule has 0 unspecified atom stereocenters. The number of carboxylic acids is 1. The summed E-state index contributed by atoms with van der Waals surface area (Å²) in [6, 6.07) is 1.40. The molecule has 1 aromatic heterocycles. The molecule has 9 heteroatoms. The number of aromatic carboxylic acids is 1. The van der Waals surface area contributed by atoms with Gasteiger partial charge in [-0.25, -0.2) is 19.2 Å². The number of carbonyl (C=O) groups is 1. The normalized spacial score (nSPS) is 10.1. The Labute approximate surface area is 111 Å². The van der Waals surface area contributed by atoms with Crippen molar-refractivity contribution in [2.24, 2.45) is 0 Å². The second kappa shape index (κ2) is 5.26. The maximum Gasteiger partial charge on any atom is 0.342 e. The number of nitro groups is 1. The van der Waals surface area contributed by atoms with E-state index in [0.29, 0.717) is 11.8 Å². The number of aromatic nitrogens is 2. The number of nitrogens with zero attached hydrogens (tertiary/aromatic N) is 3. The van der Waals surface area contributed by atoms with E-state index in [1.165, 1.54) is 18.7 Å². The van der Waals surface area contributed by atoms with Crippen molar-refractivity contribution in [2.45, 2.75) is 0 Å². The van der Waals surface area contributed by atoms with Crippen LogP contribution in [0.4, 0.5) is 21.5 Å². The Morgan fingerprint density at radius 1 is 1.35 bits per heavy atom. The van der Waals surface area contributed by atoms with Gasteiger partial charge in [0.05, 0.1) is 34.8 Å². The van der Waals surface area contributed by atoms with Gasteiger partial charge in [-0.05, 0) is 6.07 Å². The van der Waals surface area contributed by atoms with Crippen molar-refractivity contribution < 1.29 is 19.2 Å². The van der Waals surface area contributed by atoms with Crippen molar-refractivity contribution in [1.29, 1.82) is 0 Å². The van der Waals surface area contributed by atoms with Crippen LogP contribution in [0.1, 0.15) is 10.4 Å². The Kier molecular flexibility index (Phi) is 3.51. The molecule has 0 aliphatic carbocycles. The van der Waals surface area contributed by atoms with Gasteiger partial charge in [0, 0.05) is 0 Å². The van der Waals surface area contributed by atoms with Gasteiger partial charge in [-0.15, -0.1) is 0 Å². The third-order valence-corrected chi connectivity index (χ3v) is 2.35. The van der Waals surface area contributed by atoms with Crippen LogP contribution in [-0.4, -0.2) is 26.0 Å². The summed E-state index contributed by atoms with van der Waals surface area (Å²) in [6.45, 7) is 0. The molecular formula is C11H7FN4O4. The number of rotatable bonds is 4. The molecule has 0 radical (unpaired) electrons.